The number of halogens is 1. The minimum atomic E-state index is -0.412. The van der Waals surface area contributed by atoms with Crippen molar-refractivity contribution in [3.8, 4) is 0 Å². The number of anilines is 3. The third-order valence-corrected chi connectivity index (χ3v) is 5.24. The van der Waals surface area contributed by atoms with Crippen LogP contribution >= 0.6 is 22.6 Å². The Balaban J connectivity index is 1.69. The number of rotatable bonds is 4. The zero-order valence-electron chi connectivity index (χ0n) is 14.3. The lowest BCUT2D eigenvalue weighted by atomic mass is 10.00. The molecule has 3 aromatic rings. The summed E-state index contributed by atoms with van der Waals surface area (Å²) >= 11 is 2.21. The number of aromatic nitrogens is 2. The molecule has 0 amide bonds. The normalized spacial score (nSPS) is 13.1. The average molecular weight is 473 g/mol. The van der Waals surface area contributed by atoms with Crippen molar-refractivity contribution < 1.29 is 4.92 Å². The number of nitrogens with one attached hydrogen (secondary N) is 1. The van der Waals surface area contributed by atoms with E-state index in [1.165, 1.54) is 17.5 Å². The first-order valence-corrected chi connectivity index (χ1v) is 9.53. The van der Waals surface area contributed by atoms with Crippen LogP contribution in [0.15, 0.2) is 54.9 Å². The highest BCUT2D eigenvalue weighted by Gasteiger charge is 2.29. The van der Waals surface area contributed by atoms with E-state index in [-0.39, 0.29) is 11.5 Å². The summed E-state index contributed by atoms with van der Waals surface area (Å²) in [6.07, 6.45) is 2.20. The van der Waals surface area contributed by atoms with Gasteiger partial charge in [0.05, 0.1) is 4.92 Å². The van der Waals surface area contributed by atoms with Crippen molar-refractivity contribution >= 4 is 45.6 Å². The van der Waals surface area contributed by atoms with Gasteiger partial charge in [0, 0.05) is 22.3 Å². The summed E-state index contributed by atoms with van der Waals surface area (Å²) in [6, 6.07) is 15.8. The molecule has 7 nitrogen and oxygen atoms in total. The van der Waals surface area contributed by atoms with Gasteiger partial charge in [-0.2, -0.15) is 0 Å². The molecule has 2 heterocycles. The van der Waals surface area contributed by atoms with Gasteiger partial charge in [0.2, 0.25) is 11.6 Å². The summed E-state index contributed by atoms with van der Waals surface area (Å²) in [7, 11) is 0. The van der Waals surface area contributed by atoms with Crippen LogP contribution in [0, 0.1) is 13.7 Å². The van der Waals surface area contributed by atoms with Crippen molar-refractivity contribution in [1.82, 2.24) is 9.97 Å². The quantitative estimate of drug-likeness (QED) is 0.346. The predicted molar refractivity (Wildman–Crippen MR) is 112 cm³/mol. The largest absolute Gasteiger partial charge is 0.353 e. The smallest absolute Gasteiger partial charge is 0.346 e. The third kappa shape index (κ3) is 3.70. The van der Waals surface area contributed by atoms with E-state index in [9.17, 15) is 10.1 Å². The molecule has 0 fully saturated rings. The molecule has 0 radical (unpaired) electrons. The molecule has 1 aromatic heterocycles. The van der Waals surface area contributed by atoms with Crippen LogP contribution in [0.4, 0.5) is 23.0 Å². The first-order chi connectivity index (χ1) is 13.1. The lowest BCUT2D eigenvalue weighted by Crippen LogP contribution is -2.31. The Morgan fingerprint density at radius 1 is 1.07 bits per heavy atom. The second kappa shape index (κ2) is 7.47. The number of hydrogen-bond acceptors (Lipinski definition) is 6. The predicted octanol–water partition coefficient (Wildman–Crippen LogP) is 4.30. The van der Waals surface area contributed by atoms with E-state index in [1.807, 2.05) is 41.3 Å². The SMILES string of the molecule is O=[N+]([O-])c1c(Nc2ccc(I)cc2)ncnc1N1CCc2ccccc2C1. The molecule has 0 spiro atoms. The van der Waals surface area contributed by atoms with E-state index in [1.54, 1.807) is 0 Å². The highest BCUT2D eigenvalue weighted by atomic mass is 127. The van der Waals surface area contributed by atoms with Crippen LogP contribution in [0.2, 0.25) is 0 Å². The van der Waals surface area contributed by atoms with Crippen molar-refractivity contribution in [2.45, 2.75) is 13.0 Å². The van der Waals surface area contributed by atoms with Crippen LogP contribution in [0.5, 0.6) is 0 Å². The van der Waals surface area contributed by atoms with Gasteiger partial charge in [0.15, 0.2) is 0 Å². The molecule has 0 atom stereocenters. The Bertz CT molecular complexity index is 994. The van der Waals surface area contributed by atoms with Crippen molar-refractivity contribution in [2.75, 3.05) is 16.8 Å². The molecule has 27 heavy (non-hydrogen) atoms. The molecule has 2 aromatic carbocycles. The van der Waals surface area contributed by atoms with Gasteiger partial charge in [-0.3, -0.25) is 10.1 Å². The Labute approximate surface area is 169 Å². The van der Waals surface area contributed by atoms with Crippen molar-refractivity contribution in [1.29, 1.82) is 0 Å². The van der Waals surface area contributed by atoms with Crippen LogP contribution in [0.3, 0.4) is 0 Å². The summed E-state index contributed by atoms with van der Waals surface area (Å²) in [5.41, 5.74) is 3.09. The van der Waals surface area contributed by atoms with Crippen molar-refractivity contribution in [3.63, 3.8) is 0 Å². The fraction of sp³-hybridized carbons (Fsp3) is 0.158. The maximum Gasteiger partial charge on any atom is 0.353 e. The molecule has 0 saturated carbocycles. The lowest BCUT2D eigenvalue weighted by Gasteiger charge is -2.29. The number of benzene rings is 2. The molecule has 0 bridgehead atoms. The number of nitrogens with zero attached hydrogens (tertiary/aromatic N) is 4. The first kappa shape index (κ1) is 17.7. The Morgan fingerprint density at radius 2 is 1.81 bits per heavy atom. The van der Waals surface area contributed by atoms with E-state index in [4.69, 9.17) is 0 Å². The molecular weight excluding hydrogens is 457 g/mol. The van der Waals surface area contributed by atoms with Gasteiger partial charge in [-0.15, -0.1) is 0 Å². The third-order valence-electron chi connectivity index (χ3n) is 4.52. The van der Waals surface area contributed by atoms with Crippen molar-refractivity contribution in [3.05, 3.63) is 79.7 Å². The van der Waals surface area contributed by atoms with Gasteiger partial charge in [-0.05, 0) is 64.4 Å². The zero-order chi connectivity index (χ0) is 18.8. The summed E-state index contributed by atoms with van der Waals surface area (Å²) in [6.45, 7) is 1.27. The molecule has 8 heteroatoms. The summed E-state index contributed by atoms with van der Waals surface area (Å²) < 4.78 is 1.09. The van der Waals surface area contributed by atoms with Gasteiger partial charge >= 0.3 is 5.69 Å². The van der Waals surface area contributed by atoms with Gasteiger partial charge in [-0.1, -0.05) is 24.3 Å². The topological polar surface area (TPSA) is 84.2 Å². The van der Waals surface area contributed by atoms with Gasteiger partial charge in [0.25, 0.3) is 0 Å². The maximum atomic E-state index is 11.8. The summed E-state index contributed by atoms with van der Waals surface area (Å²) in [5, 5.41) is 14.9. The average Bonchev–Trinajstić information content (AvgIpc) is 2.69. The molecule has 1 aliphatic rings. The Morgan fingerprint density at radius 3 is 2.56 bits per heavy atom. The number of fused-ring (bicyclic) bond motifs is 1. The summed E-state index contributed by atoms with van der Waals surface area (Å²) in [5.74, 6) is 0.544. The lowest BCUT2D eigenvalue weighted by molar-refractivity contribution is -0.383. The second-order valence-corrected chi connectivity index (χ2v) is 7.47. The molecule has 0 aliphatic carbocycles. The second-order valence-electron chi connectivity index (χ2n) is 6.22. The van der Waals surface area contributed by atoms with E-state index in [0.29, 0.717) is 18.9 Å². The highest BCUT2D eigenvalue weighted by molar-refractivity contribution is 14.1. The van der Waals surface area contributed by atoms with Gasteiger partial charge < -0.3 is 10.2 Å². The van der Waals surface area contributed by atoms with E-state index < -0.39 is 4.92 Å². The molecule has 0 unspecified atom stereocenters. The van der Waals surface area contributed by atoms with Gasteiger partial charge in [-0.25, -0.2) is 9.97 Å². The number of hydrogen-bond donors (Lipinski definition) is 1. The van der Waals surface area contributed by atoms with Gasteiger partial charge in [0.1, 0.15) is 6.33 Å². The zero-order valence-corrected chi connectivity index (χ0v) is 16.5. The molecule has 1 aliphatic heterocycles. The molecule has 0 saturated heterocycles. The van der Waals surface area contributed by atoms with Crippen molar-refractivity contribution in [2.24, 2.45) is 0 Å². The summed E-state index contributed by atoms with van der Waals surface area (Å²) in [4.78, 5) is 21.7. The van der Waals surface area contributed by atoms with E-state index >= 15 is 0 Å². The first-order valence-electron chi connectivity index (χ1n) is 8.45. The van der Waals surface area contributed by atoms with Crippen LogP contribution in [0.1, 0.15) is 11.1 Å². The molecule has 136 valence electrons. The Hall–Kier alpha value is -2.75. The highest BCUT2D eigenvalue weighted by Crippen LogP contribution is 2.35. The van der Waals surface area contributed by atoms with E-state index in [2.05, 4.69) is 50.0 Å². The molecule has 1 N–H and O–H groups in total. The monoisotopic (exact) mass is 473 g/mol. The Kier molecular flexibility index (Phi) is 4.88. The van der Waals surface area contributed by atoms with Crippen LogP contribution < -0.4 is 10.2 Å². The van der Waals surface area contributed by atoms with Crippen LogP contribution in [0.25, 0.3) is 0 Å². The van der Waals surface area contributed by atoms with Crippen LogP contribution in [-0.2, 0) is 13.0 Å². The molecular formula is C19H16IN5O2. The fourth-order valence-electron chi connectivity index (χ4n) is 3.21. The standard InChI is InChI=1S/C19H16IN5O2/c20-15-5-7-16(8-6-15)23-18-17(25(26)27)19(22-12-21-18)24-10-9-13-3-1-2-4-14(13)11-24/h1-8,12H,9-11H2,(H,21,22,23). The minimum absolute atomic E-state index is 0.101. The number of nitro groups is 1. The maximum absolute atomic E-state index is 11.8. The van der Waals surface area contributed by atoms with E-state index in [0.717, 1.165) is 15.7 Å². The molecule has 4 rings (SSSR count). The fourth-order valence-corrected chi connectivity index (χ4v) is 3.57. The van der Waals surface area contributed by atoms with Crippen LogP contribution in [-0.4, -0.2) is 21.4 Å². The minimum Gasteiger partial charge on any atom is -0.346 e.